The van der Waals surface area contributed by atoms with Crippen LogP contribution in [0.1, 0.15) is 21.9 Å². The third kappa shape index (κ3) is 3.45. The normalized spacial score (nSPS) is 12.7. The second kappa shape index (κ2) is 7.05. The SMILES string of the molecule is O=C(Nc1ccccc1F)c1cn2c(n1)C=CN(c1cccc(CO)c1)C2. The summed E-state index contributed by atoms with van der Waals surface area (Å²) in [7, 11) is 0. The fraction of sp³-hybridized carbons (Fsp3) is 0.100. The van der Waals surface area contributed by atoms with Crippen LogP contribution in [0.25, 0.3) is 6.08 Å². The summed E-state index contributed by atoms with van der Waals surface area (Å²) < 4.78 is 15.6. The van der Waals surface area contributed by atoms with Crippen LogP contribution in [-0.2, 0) is 13.3 Å². The van der Waals surface area contributed by atoms with Gasteiger partial charge in [-0.3, -0.25) is 4.79 Å². The minimum absolute atomic E-state index is 0.0257. The van der Waals surface area contributed by atoms with Crippen molar-refractivity contribution in [3.8, 4) is 0 Å². The van der Waals surface area contributed by atoms with Gasteiger partial charge in [-0.25, -0.2) is 9.37 Å². The van der Waals surface area contributed by atoms with Crippen LogP contribution in [-0.4, -0.2) is 20.6 Å². The Balaban J connectivity index is 1.53. The minimum atomic E-state index is -0.496. The molecule has 1 aliphatic heterocycles. The van der Waals surface area contributed by atoms with Gasteiger partial charge in [0.05, 0.1) is 12.3 Å². The number of aromatic nitrogens is 2. The quantitative estimate of drug-likeness (QED) is 0.746. The van der Waals surface area contributed by atoms with E-state index in [0.717, 1.165) is 11.3 Å². The molecule has 2 aromatic carbocycles. The average Bonchev–Trinajstić information content (AvgIpc) is 3.13. The summed E-state index contributed by atoms with van der Waals surface area (Å²) in [6, 6.07) is 13.6. The van der Waals surface area contributed by atoms with E-state index in [2.05, 4.69) is 10.3 Å². The van der Waals surface area contributed by atoms with E-state index in [4.69, 9.17) is 0 Å². The number of carbonyl (C=O) groups excluding carboxylic acids is 1. The number of rotatable bonds is 4. The molecule has 1 amide bonds. The number of fused-ring (bicyclic) bond motifs is 1. The smallest absolute Gasteiger partial charge is 0.275 e. The maximum absolute atomic E-state index is 13.7. The van der Waals surface area contributed by atoms with Gasteiger partial charge in [0, 0.05) is 18.1 Å². The van der Waals surface area contributed by atoms with Crippen LogP contribution in [0.4, 0.5) is 15.8 Å². The molecule has 0 fully saturated rings. The van der Waals surface area contributed by atoms with E-state index in [0.29, 0.717) is 12.5 Å². The number of halogens is 1. The standard InChI is InChI=1S/C20H17FN4O2/c21-16-6-1-2-7-17(16)23-20(27)18-11-25-13-24(9-8-19(25)22-18)15-5-3-4-14(10-15)12-26/h1-11,26H,12-13H2,(H,23,27). The molecule has 6 nitrogen and oxygen atoms in total. The molecule has 3 aromatic rings. The van der Waals surface area contributed by atoms with Crippen molar-refractivity contribution in [3.05, 3.63) is 83.8 Å². The fourth-order valence-electron chi connectivity index (χ4n) is 2.90. The van der Waals surface area contributed by atoms with Crippen LogP contribution in [0, 0.1) is 5.82 Å². The molecule has 0 aliphatic carbocycles. The van der Waals surface area contributed by atoms with Gasteiger partial charge < -0.3 is 19.9 Å². The summed E-state index contributed by atoms with van der Waals surface area (Å²) >= 11 is 0. The van der Waals surface area contributed by atoms with Crippen molar-refractivity contribution < 1.29 is 14.3 Å². The van der Waals surface area contributed by atoms with Gasteiger partial charge in [0.25, 0.3) is 5.91 Å². The van der Waals surface area contributed by atoms with Gasteiger partial charge in [0.1, 0.15) is 24.0 Å². The zero-order valence-electron chi connectivity index (χ0n) is 14.3. The molecule has 2 N–H and O–H groups in total. The summed E-state index contributed by atoms with van der Waals surface area (Å²) in [5, 5.41) is 11.8. The maximum atomic E-state index is 13.7. The summed E-state index contributed by atoms with van der Waals surface area (Å²) in [6.07, 6.45) is 5.31. The number of anilines is 2. The summed E-state index contributed by atoms with van der Waals surface area (Å²) in [6.45, 7) is 0.447. The molecule has 0 radical (unpaired) electrons. The van der Waals surface area contributed by atoms with Crippen LogP contribution in [0.2, 0.25) is 0 Å². The van der Waals surface area contributed by atoms with E-state index in [-0.39, 0.29) is 18.0 Å². The van der Waals surface area contributed by atoms with Crippen molar-refractivity contribution in [2.45, 2.75) is 13.3 Å². The largest absolute Gasteiger partial charge is 0.392 e. The molecule has 0 atom stereocenters. The van der Waals surface area contributed by atoms with Crippen molar-refractivity contribution in [1.82, 2.24) is 9.55 Å². The number of hydrogen-bond donors (Lipinski definition) is 2. The molecule has 0 unspecified atom stereocenters. The highest BCUT2D eigenvalue weighted by molar-refractivity contribution is 6.03. The van der Waals surface area contributed by atoms with Crippen molar-refractivity contribution >= 4 is 23.4 Å². The maximum Gasteiger partial charge on any atom is 0.275 e. The first kappa shape index (κ1) is 17.0. The number of nitrogens with one attached hydrogen (secondary N) is 1. The number of benzene rings is 2. The van der Waals surface area contributed by atoms with Gasteiger partial charge in [-0.05, 0) is 35.9 Å². The lowest BCUT2D eigenvalue weighted by Crippen LogP contribution is -2.23. The summed E-state index contributed by atoms with van der Waals surface area (Å²) in [4.78, 5) is 18.7. The molecule has 0 saturated heterocycles. The zero-order valence-corrected chi connectivity index (χ0v) is 14.3. The van der Waals surface area contributed by atoms with Crippen molar-refractivity contribution in [2.24, 2.45) is 0 Å². The second-order valence-electron chi connectivity index (χ2n) is 6.14. The Morgan fingerprint density at radius 2 is 2.07 bits per heavy atom. The average molecular weight is 364 g/mol. The summed E-state index contributed by atoms with van der Waals surface area (Å²) in [5.41, 5.74) is 2.08. The number of nitrogens with zero attached hydrogens (tertiary/aromatic N) is 3. The first-order valence-corrected chi connectivity index (χ1v) is 8.42. The lowest BCUT2D eigenvalue weighted by Gasteiger charge is -2.25. The third-order valence-electron chi connectivity index (χ3n) is 4.30. The van der Waals surface area contributed by atoms with E-state index >= 15 is 0 Å². The molecule has 0 saturated carbocycles. The Morgan fingerprint density at radius 3 is 2.89 bits per heavy atom. The molecule has 27 heavy (non-hydrogen) atoms. The number of aliphatic hydroxyl groups is 1. The number of para-hydroxylation sites is 1. The van der Waals surface area contributed by atoms with Gasteiger partial charge >= 0.3 is 0 Å². The van der Waals surface area contributed by atoms with Crippen molar-refractivity contribution in [1.29, 1.82) is 0 Å². The third-order valence-corrected chi connectivity index (χ3v) is 4.30. The highest BCUT2D eigenvalue weighted by atomic mass is 19.1. The molecule has 0 spiro atoms. The van der Waals surface area contributed by atoms with Gasteiger partial charge in [-0.15, -0.1) is 0 Å². The zero-order chi connectivity index (χ0) is 18.8. The van der Waals surface area contributed by atoms with E-state index in [1.165, 1.54) is 12.1 Å². The fourth-order valence-corrected chi connectivity index (χ4v) is 2.90. The molecule has 136 valence electrons. The molecule has 2 heterocycles. The lowest BCUT2D eigenvalue weighted by molar-refractivity contribution is 0.102. The van der Waals surface area contributed by atoms with Crippen molar-refractivity contribution in [2.75, 3.05) is 10.2 Å². The first-order chi connectivity index (χ1) is 13.1. The van der Waals surface area contributed by atoms with Crippen LogP contribution in [0.15, 0.2) is 60.9 Å². The van der Waals surface area contributed by atoms with Gasteiger partial charge in [0.2, 0.25) is 0 Å². The number of hydrogen-bond acceptors (Lipinski definition) is 4. The Morgan fingerprint density at radius 1 is 1.22 bits per heavy atom. The van der Waals surface area contributed by atoms with Crippen LogP contribution >= 0.6 is 0 Å². The molecular formula is C20H17FN4O2. The molecule has 0 bridgehead atoms. The second-order valence-corrected chi connectivity index (χ2v) is 6.14. The number of amides is 1. The predicted octanol–water partition coefficient (Wildman–Crippen LogP) is 3.22. The predicted molar refractivity (Wildman–Crippen MR) is 100 cm³/mol. The van der Waals surface area contributed by atoms with E-state index in [1.54, 1.807) is 24.4 Å². The molecule has 1 aliphatic rings. The number of carbonyl (C=O) groups is 1. The molecule has 4 rings (SSSR count). The Hall–Kier alpha value is -3.45. The number of imidazole rings is 1. The molecule has 7 heteroatoms. The highest BCUT2D eigenvalue weighted by Gasteiger charge is 2.18. The van der Waals surface area contributed by atoms with Crippen molar-refractivity contribution in [3.63, 3.8) is 0 Å². The number of aliphatic hydroxyl groups excluding tert-OH is 1. The van der Waals surface area contributed by atoms with Crippen LogP contribution < -0.4 is 10.2 Å². The molecule has 1 aromatic heterocycles. The Bertz CT molecular complexity index is 1030. The Kier molecular flexibility index (Phi) is 4.43. The topological polar surface area (TPSA) is 70.4 Å². The molecular weight excluding hydrogens is 347 g/mol. The van der Waals surface area contributed by atoms with Gasteiger partial charge in [0.15, 0.2) is 0 Å². The highest BCUT2D eigenvalue weighted by Crippen LogP contribution is 2.23. The van der Waals surface area contributed by atoms with Crippen LogP contribution in [0.5, 0.6) is 0 Å². The van der Waals surface area contributed by atoms with E-state index in [9.17, 15) is 14.3 Å². The Labute approximate surface area is 155 Å². The van der Waals surface area contributed by atoms with E-state index < -0.39 is 11.7 Å². The summed E-state index contributed by atoms with van der Waals surface area (Å²) in [5.74, 6) is -0.322. The van der Waals surface area contributed by atoms with Crippen LogP contribution in [0.3, 0.4) is 0 Å². The lowest BCUT2D eigenvalue weighted by atomic mass is 10.2. The van der Waals surface area contributed by atoms with E-state index in [1.807, 2.05) is 39.9 Å². The van der Waals surface area contributed by atoms with Gasteiger partial charge in [-0.1, -0.05) is 24.3 Å². The monoisotopic (exact) mass is 364 g/mol. The first-order valence-electron chi connectivity index (χ1n) is 8.42. The minimum Gasteiger partial charge on any atom is -0.392 e. The van der Waals surface area contributed by atoms with Gasteiger partial charge in [-0.2, -0.15) is 0 Å².